The zero-order valence-corrected chi connectivity index (χ0v) is 14.1. The Kier molecular flexibility index (Phi) is 3.25. The van der Waals surface area contributed by atoms with E-state index in [4.69, 9.17) is 0 Å². The molecule has 2 aliphatic rings. The second kappa shape index (κ2) is 5.62. The molecular formula is C20H18N4O2. The summed E-state index contributed by atoms with van der Waals surface area (Å²) in [6.45, 7) is 0. The summed E-state index contributed by atoms with van der Waals surface area (Å²) < 4.78 is 0. The van der Waals surface area contributed by atoms with Crippen molar-refractivity contribution in [2.45, 2.75) is 25.7 Å². The number of aromatic amines is 2. The second-order valence-electron chi connectivity index (χ2n) is 6.78. The van der Waals surface area contributed by atoms with E-state index in [0.29, 0.717) is 11.0 Å². The molecule has 5 rings (SSSR count). The van der Waals surface area contributed by atoms with Crippen LogP contribution in [0.5, 0.6) is 11.5 Å². The van der Waals surface area contributed by atoms with Crippen LogP contribution in [0.4, 0.5) is 0 Å². The SMILES string of the molecule is Oc1c(O)c2cc3nc(cc4ccc(cc5nc(cc1[nH]2)CC5)[nH]4)CC3. The van der Waals surface area contributed by atoms with Gasteiger partial charge in [0.2, 0.25) is 0 Å². The van der Waals surface area contributed by atoms with Crippen molar-refractivity contribution in [2.75, 3.05) is 0 Å². The molecule has 0 aliphatic carbocycles. The maximum atomic E-state index is 10.2. The predicted molar refractivity (Wildman–Crippen MR) is 99.1 cm³/mol. The second-order valence-corrected chi connectivity index (χ2v) is 6.78. The van der Waals surface area contributed by atoms with E-state index in [2.05, 4.69) is 19.9 Å². The van der Waals surface area contributed by atoms with Crippen LogP contribution < -0.4 is 0 Å². The van der Waals surface area contributed by atoms with Crippen LogP contribution >= 0.6 is 0 Å². The molecule has 3 aromatic rings. The third-order valence-corrected chi connectivity index (χ3v) is 4.85. The fraction of sp³-hybridized carbons (Fsp3) is 0.200. The maximum Gasteiger partial charge on any atom is 0.183 e. The third-order valence-electron chi connectivity index (χ3n) is 4.85. The average Bonchev–Trinajstić information content (AvgIpc) is 3.38. The van der Waals surface area contributed by atoms with Gasteiger partial charge in [-0.2, -0.15) is 0 Å². The lowest BCUT2D eigenvalue weighted by atomic mass is 10.2. The third kappa shape index (κ3) is 2.60. The van der Waals surface area contributed by atoms with Crippen LogP contribution in [0, 0.1) is 0 Å². The van der Waals surface area contributed by atoms with Gasteiger partial charge < -0.3 is 20.2 Å². The van der Waals surface area contributed by atoms with E-state index < -0.39 is 0 Å². The minimum absolute atomic E-state index is 0.149. The van der Waals surface area contributed by atoms with Gasteiger partial charge in [-0.1, -0.05) is 0 Å². The maximum absolute atomic E-state index is 10.2. The van der Waals surface area contributed by atoms with Gasteiger partial charge in [0.05, 0.1) is 11.0 Å². The van der Waals surface area contributed by atoms with E-state index in [1.165, 1.54) is 0 Å². The first kappa shape index (κ1) is 15.0. The fourth-order valence-electron chi connectivity index (χ4n) is 3.54. The van der Waals surface area contributed by atoms with Gasteiger partial charge in [-0.25, -0.2) is 0 Å². The average molecular weight is 346 g/mol. The molecule has 6 nitrogen and oxygen atoms in total. The van der Waals surface area contributed by atoms with Crippen molar-refractivity contribution in [1.82, 2.24) is 19.9 Å². The van der Waals surface area contributed by atoms with Gasteiger partial charge in [0, 0.05) is 33.8 Å². The van der Waals surface area contributed by atoms with E-state index in [-0.39, 0.29) is 11.5 Å². The van der Waals surface area contributed by atoms with Crippen LogP contribution in [-0.4, -0.2) is 30.1 Å². The number of nitrogens with zero attached hydrogens (tertiary/aromatic N) is 2. The number of aromatic nitrogens is 4. The molecule has 3 aromatic heterocycles. The molecule has 0 spiro atoms. The fourth-order valence-corrected chi connectivity index (χ4v) is 3.54. The summed E-state index contributed by atoms with van der Waals surface area (Å²) in [7, 11) is 0. The monoisotopic (exact) mass is 346 g/mol. The topological polar surface area (TPSA) is 97.8 Å². The molecule has 8 bridgehead atoms. The van der Waals surface area contributed by atoms with Crippen LogP contribution in [0.1, 0.15) is 22.8 Å². The van der Waals surface area contributed by atoms with Crippen LogP contribution in [0.2, 0.25) is 0 Å². The number of fused-ring (bicyclic) bond motifs is 8. The highest BCUT2D eigenvalue weighted by Gasteiger charge is 2.13. The van der Waals surface area contributed by atoms with Gasteiger partial charge in [-0.3, -0.25) is 9.97 Å². The molecule has 0 radical (unpaired) electrons. The van der Waals surface area contributed by atoms with Crippen molar-refractivity contribution < 1.29 is 10.2 Å². The lowest BCUT2D eigenvalue weighted by Crippen LogP contribution is -1.78. The van der Waals surface area contributed by atoms with Gasteiger partial charge >= 0.3 is 0 Å². The molecule has 4 N–H and O–H groups in total. The number of aryl methyl sites for hydroxylation is 4. The van der Waals surface area contributed by atoms with Crippen LogP contribution in [0.15, 0.2) is 36.4 Å². The summed E-state index contributed by atoms with van der Waals surface area (Å²) in [5.41, 5.74) is 6.70. The zero-order valence-electron chi connectivity index (χ0n) is 14.1. The molecule has 2 aliphatic heterocycles. The number of hydrogen-bond acceptors (Lipinski definition) is 4. The molecule has 5 heterocycles. The summed E-state index contributed by atoms with van der Waals surface area (Å²) in [5, 5.41) is 20.5. The highest BCUT2D eigenvalue weighted by atomic mass is 16.3. The van der Waals surface area contributed by atoms with Gasteiger partial charge in [-0.05, 0) is 62.1 Å². The van der Waals surface area contributed by atoms with Crippen molar-refractivity contribution in [2.24, 2.45) is 0 Å². The lowest BCUT2D eigenvalue weighted by Gasteiger charge is -1.88. The first-order chi connectivity index (χ1) is 12.6. The standard InChI is InChI=1S/C20H18N4O2/c25-19-17-9-15-5-3-13(22-15)7-11-1-2-12(21-11)8-14-4-6-16(23-14)10-18(24-17)20(19)26/h1-2,7-10,21,24-26H,3-6H2. The molecule has 6 heteroatoms. The highest BCUT2D eigenvalue weighted by molar-refractivity contribution is 5.79. The van der Waals surface area contributed by atoms with E-state index in [0.717, 1.165) is 59.5 Å². The lowest BCUT2D eigenvalue weighted by molar-refractivity contribution is 0.414. The Balaban J connectivity index is 1.86. The molecule has 0 atom stereocenters. The van der Waals surface area contributed by atoms with Crippen molar-refractivity contribution in [1.29, 1.82) is 0 Å². The first-order valence-corrected chi connectivity index (χ1v) is 8.73. The van der Waals surface area contributed by atoms with Crippen molar-refractivity contribution in [3.8, 4) is 11.5 Å². The van der Waals surface area contributed by atoms with E-state index in [9.17, 15) is 10.2 Å². The molecule has 0 aromatic carbocycles. The van der Waals surface area contributed by atoms with Gasteiger partial charge in [0.15, 0.2) is 11.5 Å². The zero-order chi connectivity index (χ0) is 17.7. The summed E-state index contributed by atoms with van der Waals surface area (Å²) in [6.07, 6.45) is 3.30. The number of H-pyrrole nitrogens is 2. The van der Waals surface area contributed by atoms with Gasteiger partial charge in [0.1, 0.15) is 0 Å². The Morgan fingerprint density at radius 2 is 1.04 bits per heavy atom. The van der Waals surface area contributed by atoms with Crippen molar-refractivity contribution >= 4 is 22.1 Å². The molecule has 26 heavy (non-hydrogen) atoms. The molecule has 0 unspecified atom stereocenters. The molecule has 0 saturated heterocycles. The number of aromatic hydroxyl groups is 2. The Bertz CT molecular complexity index is 1090. The summed E-state index contributed by atoms with van der Waals surface area (Å²) in [6, 6.07) is 11.8. The normalized spacial score (nSPS) is 13.8. The largest absolute Gasteiger partial charge is 0.503 e. The minimum Gasteiger partial charge on any atom is -0.503 e. The molecule has 0 saturated carbocycles. The number of hydrogen-bond donors (Lipinski definition) is 4. The Morgan fingerprint density at radius 3 is 1.50 bits per heavy atom. The molecule has 0 amide bonds. The molecule has 130 valence electrons. The quantitative estimate of drug-likeness (QED) is 0.502. The smallest absolute Gasteiger partial charge is 0.183 e. The minimum atomic E-state index is -0.149. The number of rotatable bonds is 0. The first-order valence-electron chi connectivity index (χ1n) is 8.73. The summed E-state index contributed by atoms with van der Waals surface area (Å²) in [4.78, 5) is 15.7. The van der Waals surface area contributed by atoms with Gasteiger partial charge in [-0.15, -0.1) is 0 Å². The van der Waals surface area contributed by atoms with E-state index in [1.54, 1.807) is 12.1 Å². The van der Waals surface area contributed by atoms with E-state index >= 15 is 0 Å². The molecule has 0 fully saturated rings. The Morgan fingerprint density at radius 1 is 0.615 bits per heavy atom. The molecular weight excluding hydrogens is 328 g/mol. The van der Waals surface area contributed by atoms with Crippen LogP contribution in [0.3, 0.4) is 0 Å². The van der Waals surface area contributed by atoms with Gasteiger partial charge in [0.25, 0.3) is 0 Å². The van der Waals surface area contributed by atoms with E-state index in [1.807, 2.05) is 24.3 Å². The highest BCUT2D eigenvalue weighted by Crippen LogP contribution is 2.34. The Labute approximate surface area is 149 Å². The summed E-state index contributed by atoms with van der Waals surface area (Å²) >= 11 is 0. The number of nitrogens with one attached hydrogen (secondary N) is 2. The van der Waals surface area contributed by atoms with Crippen molar-refractivity contribution in [3.63, 3.8) is 0 Å². The Hall–Kier alpha value is -3.28. The van der Waals surface area contributed by atoms with Crippen LogP contribution in [-0.2, 0) is 25.7 Å². The summed E-state index contributed by atoms with van der Waals surface area (Å²) in [5.74, 6) is -0.299. The van der Waals surface area contributed by atoms with Crippen molar-refractivity contribution in [3.05, 3.63) is 59.2 Å². The van der Waals surface area contributed by atoms with Crippen LogP contribution in [0.25, 0.3) is 22.1 Å². The predicted octanol–water partition coefficient (Wildman–Crippen LogP) is 3.30.